The van der Waals surface area contributed by atoms with Gasteiger partial charge < -0.3 is 24.7 Å². The molecule has 0 aliphatic heterocycles. The van der Waals surface area contributed by atoms with E-state index in [0.29, 0.717) is 13.2 Å². The minimum absolute atomic E-state index is 0.0824. The number of hydrogen-bond acceptors (Lipinski definition) is 5. The van der Waals surface area contributed by atoms with Gasteiger partial charge in [0.25, 0.3) is 0 Å². The molecule has 0 aliphatic rings. The molecule has 2 rings (SSSR count). The van der Waals surface area contributed by atoms with Crippen molar-refractivity contribution in [3.05, 3.63) is 36.4 Å². The first-order valence-electron chi connectivity index (χ1n) is 11.4. The number of aryl methyl sites for hydroxylation is 1. The molecule has 0 saturated carbocycles. The molecule has 2 N–H and O–H groups in total. The van der Waals surface area contributed by atoms with E-state index in [1.165, 1.54) is 0 Å². The quantitative estimate of drug-likeness (QED) is 0.268. The summed E-state index contributed by atoms with van der Waals surface area (Å²) < 4.78 is 13.8. The Morgan fingerprint density at radius 3 is 2.42 bits per heavy atom. The standard InChI is InChI=1S/C23H38N6O2/c1-5-14-30-21-11-10-20(16-22(21)31-15-6-2)19(4)28-23(24-7-3)25-12-8-9-13-29-17-26-27-18-29/h10-11,16-19H,5-9,12-15H2,1-4H3,(H2,24,25,28). The van der Waals surface area contributed by atoms with Crippen LogP contribution in [0.15, 0.2) is 35.8 Å². The summed E-state index contributed by atoms with van der Waals surface area (Å²) in [6, 6.07) is 6.24. The molecule has 8 nitrogen and oxygen atoms in total. The van der Waals surface area contributed by atoms with Crippen LogP contribution in [0.25, 0.3) is 0 Å². The van der Waals surface area contributed by atoms with E-state index < -0.39 is 0 Å². The molecule has 0 bridgehead atoms. The van der Waals surface area contributed by atoms with Crippen LogP contribution in [0, 0.1) is 0 Å². The number of benzene rings is 1. The number of nitrogens with one attached hydrogen (secondary N) is 2. The van der Waals surface area contributed by atoms with E-state index in [9.17, 15) is 0 Å². The Morgan fingerprint density at radius 2 is 1.74 bits per heavy atom. The fraction of sp³-hybridized carbons (Fsp3) is 0.609. The molecule has 1 aromatic heterocycles. The van der Waals surface area contributed by atoms with Gasteiger partial charge >= 0.3 is 0 Å². The van der Waals surface area contributed by atoms with Gasteiger partial charge in [0, 0.05) is 19.6 Å². The van der Waals surface area contributed by atoms with Crippen LogP contribution in [-0.4, -0.2) is 47.0 Å². The van der Waals surface area contributed by atoms with Gasteiger partial charge in [0.1, 0.15) is 12.7 Å². The monoisotopic (exact) mass is 430 g/mol. The van der Waals surface area contributed by atoms with Crippen molar-refractivity contribution < 1.29 is 9.47 Å². The zero-order valence-corrected chi connectivity index (χ0v) is 19.4. The van der Waals surface area contributed by atoms with Crippen LogP contribution in [-0.2, 0) is 6.54 Å². The summed E-state index contributed by atoms with van der Waals surface area (Å²) in [5.74, 6) is 2.43. The number of rotatable bonds is 14. The fourth-order valence-electron chi connectivity index (χ4n) is 2.99. The van der Waals surface area contributed by atoms with Crippen LogP contribution in [0.5, 0.6) is 11.5 Å². The van der Waals surface area contributed by atoms with Crippen molar-refractivity contribution in [3.8, 4) is 11.5 Å². The second-order valence-electron chi connectivity index (χ2n) is 7.44. The van der Waals surface area contributed by atoms with Crippen LogP contribution < -0.4 is 20.1 Å². The van der Waals surface area contributed by atoms with E-state index in [2.05, 4.69) is 60.7 Å². The van der Waals surface area contributed by atoms with Crippen LogP contribution in [0.1, 0.15) is 65.0 Å². The summed E-state index contributed by atoms with van der Waals surface area (Å²) in [6.45, 7) is 12.3. The number of nitrogens with zero attached hydrogens (tertiary/aromatic N) is 4. The van der Waals surface area contributed by atoms with Crippen LogP contribution in [0.2, 0.25) is 0 Å². The maximum atomic E-state index is 5.94. The Kier molecular flexibility index (Phi) is 11.3. The second kappa shape index (κ2) is 14.3. The Labute approximate surface area is 186 Å². The highest BCUT2D eigenvalue weighted by atomic mass is 16.5. The van der Waals surface area contributed by atoms with Gasteiger partial charge in [-0.3, -0.25) is 4.99 Å². The number of unbranched alkanes of at least 4 members (excludes halogenated alkanes) is 1. The Hall–Kier alpha value is -2.77. The van der Waals surface area contributed by atoms with E-state index in [-0.39, 0.29) is 6.04 Å². The van der Waals surface area contributed by atoms with Crippen molar-refractivity contribution in [2.45, 2.75) is 66.0 Å². The number of hydrogen-bond donors (Lipinski definition) is 2. The summed E-state index contributed by atoms with van der Waals surface area (Å²) in [5, 5.41) is 14.5. The van der Waals surface area contributed by atoms with Crippen molar-refractivity contribution in [1.82, 2.24) is 25.4 Å². The highest BCUT2D eigenvalue weighted by molar-refractivity contribution is 5.80. The van der Waals surface area contributed by atoms with E-state index in [4.69, 9.17) is 14.5 Å². The molecule has 0 spiro atoms. The minimum atomic E-state index is 0.0824. The molecule has 0 radical (unpaired) electrons. The molecule has 1 aromatic carbocycles. The van der Waals surface area contributed by atoms with Gasteiger partial charge in [-0.15, -0.1) is 10.2 Å². The van der Waals surface area contributed by atoms with Crippen LogP contribution >= 0.6 is 0 Å². The predicted molar refractivity (Wildman–Crippen MR) is 125 cm³/mol. The first kappa shape index (κ1) is 24.5. The summed E-state index contributed by atoms with van der Waals surface area (Å²) >= 11 is 0. The number of ether oxygens (including phenoxy) is 2. The van der Waals surface area contributed by atoms with Crippen LogP contribution in [0.4, 0.5) is 0 Å². The summed E-state index contributed by atoms with van der Waals surface area (Å²) in [5.41, 5.74) is 1.13. The Morgan fingerprint density at radius 1 is 1.03 bits per heavy atom. The maximum Gasteiger partial charge on any atom is 0.191 e. The molecular formula is C23H38N6O2. The predicted octanol–water partition coefficient (Wildman–Crippen LogP) is 3.95. The van der Waals surface area contributed by atoms with Crippen molar-refractivity contribution in [1.29, 1.82) is 0 Å². The zero-order valence-electron chi connectivity index (χ0n) is 19.4. The molecule has 172 valence electrons. The Bertz CT molecular complexity index is 763. The third kappa shape index (κ3) is 8.86. The first-order chi connectivity index (χ1) is 15.2. The third-order valence-electron chi connectivity index (χ3n) is 4.65. The molecule has 0 amide bonds. The second-order valence-corrected chi connectivity index (χ2v) is 7.44. The van der Waals surface area contributed by atoms with Gasteiger partial charge in [0.15, 0.2) is 17.5 Å². The van der Waals surface area contributed by atoms with Gasteiger partial charge in [0.05, 0.1) is 19.3 Å². The average molecular weight is 431 g/mol. The molecule has 1 atom stereocenters. The smallest absolute Gasteiger partial charge is 0.191 e. The van der Waals surface area contributed by atoms with Crippen LogP contribution in [0.3, 0.4) is 0 Å². The van der Waals surface area contributed by atoms with Gasteiger partial charge in [-0.1, -0.05) is 19.9 Å². The van der Waals surface area contributed by atoms with Gasteiger partial charge in [0.2, 0.25) is 0 Å². The largest absolute Gasteiger partial charge is 0.490 e. The van der Waals surface area contributed by atoms with E-state index in [1.807, 2.05) is 10.6 Å². The highest BCUT2D eigenvalue weighted by Crippen LogP contribution is 2.31. The van der Waals surface area contributed by atoms with Gasteiger partial charge in [-0.25, -0.2) is 0 Å². The Balaban J connectivity index is 1.95. The normalized spacial score (nSPS) is 12.5. The minimum Gasteiger partial charge on any atom is -0.490 e. The number of aliphatic imine (C=N–C) groups is 1. The van der Waals surface area contributed by atoms with Crippen molar-refractivity contribution in [3.63, 3.8) is 0 Å². The molecule has 0 fully saturated rings. The molecule has 1 unspecified atom stereocenters. The fourth-order valence-corrected chi connectivity index (χ4v) is 2.99. The maximum absolute atomic E-state index is 5.94. The lowest BCUT2D eigenvalue weighted by Crippen LogP contribution is -2.38. The number of aromatic nitrogens is 3. The molecule has 0 saturated heterocycles. The summed E-state index contributed by atoms with van der Waals surface area (Å²) in [7, 11) is 0. The molecule has 8 heteroatoms. The third-order valence-corrected chi connectivity index (χ3v) is 4.65. The molecular weight excluding hydrogens is 392 g/mol. The van der Waals surface area contributed by atoms with Crippen molar-refractivity contribution in [2.24, 2.45) is 4.99 Å². The highest BCUT2D eigenvalue weighted by Gasteiger charge is 2.13. The molecule has 2 aromatic rings. The SMILES string of the molecule is CCCOc1ccc(C(C)NC(=NCCCCn2cnnc2)NCC)cc1OCCC. The lowest BCUT2D eigenvalue weighted by atomic mass is 10.1. The number of guanidine groups is 1. The molecule has 1 heterocycles. The van der Waals surface area contributed by atoms with E-state index >= 15 is 0 Å². The van der Waals surface area contributed by atoms with Crippen molar-refractivity contribution in [2.75, 3.05) is 26.3 Å². The molecule has 0 aliphatic carbocycles. The molecule has 31 heavy (non-hydrogen) atoms. The van der Waals surface area contributed by atoms with E-state index in [1.54, 1.807) is 12.7 Å². The lowest BCUT2D eigenvalue weighted by Gasteiger charge is -2.20. The van der Waals surface area contributed by atoms with E-state index in [0.717, 1.165) is 68.3 Å². The lowest BCUT2D eigenvalue weighted by molar-refractivity contribution is 0.268. The average Bonchev–Trinajstić information content (AvgIpc) is 3.29. The van der Waals surface area contributed by atoms with Gasteiger partial charge in [-0.2, -0.15) is 0 Å². The topological polar surface area (TPSA) is 85.6 Å². The summed E-state index contributed by atoms with van der Waals surface area (Å²) in [4.78, 5) is 4.73. The van der Waals surface area contributed by atoms with Crippen molar-refractivity contribution >= 4 is 5.96 Å². The first-order valence-corrected chi connectivity index (χ1v) is 11.4. The van der Waals surface area contributed by atoms with Gasteiger partial charge in [-0.05, 0) is 57.2 Å². The summed E-state index contributed by atoms with van der Waals surface area (Å²) in [6.07, 6.45) is 7.45. The zero-order chi connectivity index (χ0) is 22.3.